The third-order valence-corrected chi connectivity index (χ3v) is 3.85. The van der Waals surface area contributed by atoms with Gasteiger partial charge in [-0.05, 0) is 23.8 Å². The number of nitrogens with zero attached hydrogens (tertiary/aromatic N) is 3. The molecule has 1 N–H and O–H groups in total. The number of anilines is 1. The molecule has 1 fully saturated rings. The fraction of sp³-hybridized carbons (Fsp3) is 0.267. The molecule has 5 nitrogen and oxygen atoms in total. The van der Waals surface area contributed by atoms with Crippen LogP contribution in [0.2, 0.25) is 0 Å². The van der Waals surface area contributed by atoms with Crippen LogP contribution in [0.1, 0.15) is 17.9 Å². The summed E-state index contributed by atoms with van der Waals surface area (Å²) >= 11 is 0. The van der Waals surface area contributed by atoms with Gasteiger partial charge >= 0.3 is 0 Å². The minimum atomic E-state index is 0.526. The van der Waals surface area contributed by atoms with Gasteiger partial charge in [-0.2, -0.15) is 4.98 Å². The van der Waals surface area contributed by atoms with Crippen molar-refractivity contribution in [2.24, 2.45) is 5.92 Å². The normalized spacial score (nSPS) is 21.0. The molecule has 2 aromatic heterocycles. The van der Waals surface area contributed by atoms with Gasteiger partial charge in [-0.1, -0.05) is 35.5 Å². The molecule has 1 aliphatic rings. The van der Waals surface area contributed by atoms with E-state index in [1.807, 2.05) is 0 Å². The summed E-state index contributed by atoms with van der Waals surface area (Å²) in [6, 6.07) is 10.7. The number of aromatic nitrogens is 3. The Bertz CT molecular complexity index is 725. The molecule has 0 bridgehead atoms. The second-order valence-corrected chi connectivity index (χ2v) is 5.16. The summed E-state index contributed by atoms with van der Waals surface area (Å²) in [6.07, 6.45) is 4.38. The van der Waals surface area contributed by atoms with E-state index in [9.17, 15) is 0 Å². The standard InChI is InChI=1S/C15H14N4O/c1-2-4-10(5-3-1)12-6-11(12)7-16-14-13-8-19-20-15(13)18-9-17-14/h1-5,8-9,11-12H,6-7H2,(H,16,17,18)/t11-,12-/m1/s1. The van der Waals surface area contributed by atoms with Crippen LogP contribution in [0.4, 0.5) is 5.82 Å². The molecule has 1 saturated carbocycles. The predicted octanol–water partition coefficient (Wildman–Crippen LogP) is 2.83. The molecule has 0 radical (unpaired) electrons. The van der Waals surface area contributed by atoms with Gasteiger partial charge in [-0.15, -0.1) is 0 Å². The third kappa shape index (κ3) is 2.01. The van der Waals surface area contributed by atoms with E-state index in [1.165, 1.54) is 18.3 Å². The molecule has 0 amide bonds. The molecule has 5 heteroatoms. The average Bonchev–Trinajstić information content (AvgIpc) is 3.12. The fourth-order valence-corrected chi connectivity index (χ4v) is 2.65. The number of benzene rings is 1. The Morgan fingerprint density at radius 3 is 3.00 bits per heavy atom. The SMILES string of the molecule is c1ccc([C@H]2C[C@@H]2CNc2ncnc3oncc23)cc1. The Hall–Kier alpha value is -2.43. The fourth-order valence-electron chi connectivity index (χ4n) is 2.65. The van der Waals surface area contributed by atoms with Crippen molar-refractivity contribution in [2.75, 3.05) is 11.9 Å². The predicted molar refractivity (Wildman–Crippen MR) is 75.4 cm³/mol. The van der Waals surface area contributed by atoms with Crippen LogP contribution in [0.5, 0.6) is 0 Å². The van der Waals surface area contributed by atoms with Gasteiger partial charge in [0.15, 0.2) is 0 Å². The number of hydrogen-bond donors (Lipinski definition) is 1. The Labute approximate surface area is 116 Å². The van der Waals surface area contributed by atoms with Gasteiger partial charge in [0.25, 0.3) is 5.71 Å². The highest BCUT2D eigenvalue weighted by Crippen LogP contribution is 2.47. The van der Waals surface area contributed by atoms with Crippen molar-refractivity contribution in [3.8, 4) is 0 Å². The summed E-state index contributed by atoms with van der Waals surface area (Å²) in [6.45, 7) is 0.914. The summed E-state index contributed by atoms with van der Waals surface area (Å²) in [5, 5.41) is 7.97. The van der Waals surface area contributed by atoms with Gasteiger partial charge < -0.3 is 9.84 Å². The summed E-state index contributed by atoms with van der Waals surface area (Å²) in [7, 11) is 0. The smallest absolute Gasteiger partial charge is 0.262 e. The lowest BCUT2D eigenvalue weighted by molar-refractivity contribution is 0.448. The number of nitrogens with one attached hydrogen (secondary N) is 1. The molecule has 3 aromatic rings. The van der Waals surface area contributed by atoms with Gasteiger partial charge in [0.05, 0.1) is 6.20 Å². The first kappa shape index (κ1) is 11.4. The molecule has 0 unspecified atom stereocenters. The lowest BCUT2D eigenvalue weighted by atomic mass is 10.1. The molecular weight excluding hydrogens is 252 g/mol. The van der Waals surface area contributed by atoms with Gasteiger partial charge in [0.2, 0.25) is 0 Å². The largest absolute Gasteiger partial charge is 0.369 e. The number of fused-ring (bicyclic) bond motifs is 1. The minimum Gasteiger partial charge on any atom is -0.369 e. The van der Waals surface area contributed by atoms with Crippen LogP contribution in [-0.2, 0) is 0 Å². The number of rotatable bonds is 4. The molecular formula is C15H14N4O. The van der Waals surface area contributed by atoms with E-state index in [0.717, 1.165) is 17.7 Å². The van der Waals surface area contributed by atoms with Crippen LogP contribution >= 0.6 is 0 Å². The highest BCUT2D eigenvalue weighted by atomic mass is 16.5. The van der Waals surface area contributed by atoms with Crippen LogP contribution in [0.25, 0.3) is 11.1 Å². The zero-order chi connectivity index (χ0) is 13.4. The minimum absolute atomic E-state index is 0.526. The van der Waals surface area contributed by atoms with E-state index in [4.69, 9.17) is 4.52 Å². The molecule has 1 aliphatic carbocycles. The molecule has 4 rings (SSSR count). The first-order valence-electron chi connectivity index (χ1n) is 6.76. The summed E-state index contributed by atoms with van der Waals surface area (Å²) in [5.74, 6) is 2.14. The van der Waals surface area contributed by atoms with Crippen molar-refractivity contribution in [1.82, 2.24) is 15.1 Å². The summed E-state index contributed by atoms with van der Waals surface area (Å²) in [4.78, 5) is 8.28. The Balaban J connectivity index is 1.44. The first-order valence-corrected chi connectivity index (χ1v) is 6.76. The van der Waals surface area contributed by atoms with E-state index >= 15 is 0 Å². The third-order valence-electron chi connectivity index (χ3n) is 3.85. The van der Waals surface area contributed by atoms with Crippen LogP contribution in [0.15, 0.2) is 47.4 Å². The second-order valence-electron chi connectivity index (χ2n) is 5.16. The van der Waals surface area contributed by atoms with Gasteiger partial charge in [0, 0.05) is 6.54 Å². The van der Waals surface area contributed by atoms with Gasteiger partial charge in [-0.3, -0.25) is 0 Å². The molecule has 100 valence electrons. The number of hydrogen-bond acceptors (Lipinski definition) is 5. The maximum atomic E-state index is 5.03. The Morgan fingerprint density at radius 2 is 2.10 bits per heavy atom. The molecule has 20 heavy (non-hydrogen) atoms. The summed E-state index contributed by atoms with van der Waals surface area (Å²) in [5.41, 5.74) is 1.95. The van der Waals surface area contributed by atoms with E-state index < -0.39 is 0 Å². The Morgan fingerprint density at radius 1 is 1.20 bits per heavy atom. The van der Waals surface area contributed by atoms with E-state index in [0.29, 0.717) is 17.5 Å². The van der Waals surface area contributed by atoms with Crippen molar-refractivity contribution < 1.29 is 4.52 Å². The van der Waals surface area contributed by atoms with Gasteiger partial charge in [0.1, 0.15) is 17.5 Å². The van der Waals surface area contributed by atoms with Crippen molar-refractivity contribution in [2.45, 2.75) is 12.3 Å². The highest BCUT2D eigenvalue weighted by molar-refractivity contribution is 5.84. The second kappa shape index (κ2) is 4.59. The highest BCUT2D eigenvalue weighted by Gasteiger charge is 2.37. The monoisotopic (exact) mass is 266 g/mol. The van der Waals surface area contributed by atoms with Crippen molar-refractivity contribution in [3.63, 3.8) is 0 Å². The summed E-state index contributed by atoms with van der Waals surface area (Å²) < 4.78 is 5.03. The molecule has 2 atom stereocenters. The quantitative estimate of drug-likeness (QED) is 0.786. The zero-order valence-electron chi connectivity index (χ0n) is 10.9. The van der Waals surface area contributed by atoms with Crippen molar-refractivity contribution in [3.05, 3.63) is 48.4 Å². The van der Waals surface area contributed by atoms with Crippen molar-refractivity contribution >= 4 is 16.9 Å². The topological polar surface area (TPSA) is 63.8 Å². The van der Waals surface area contributed by atoms with Crippen LogP contribution < -0.4 is 5.32 Å². The Kier molecular flexibility index (Phi) is 2.62. The maximum absolute atomic E-state index is 5.03. The molecule has 1 aromatic carbocycles. The van der Waals surface area contributed by atoms with E-state index in [2.05, 4.69) is 50.8 Å². The van der Waals surface area contributed by atoms with E-state index in [-0.39, 0.29) is 0 Å². The first-order chi connectivity index (χ1) is 9.92. The molecule has 2 heterocycles. The zero-order valence-corrected chi connectivity index (χ0v) is 10.9. The lowest BCUT2D eigenvalue weighted by Gasteiger charge is -2.05. The van der Waals surface area contributed by atoms with Crippen LogP contribution in [0.3, 0.4) is 0 Å². The van der Waals surface area contributed by atoms with Crippen molar-refractivity contribution in [1.29, 1.82) is 0 Å². The lowest BCUT2D eigenvalue weighted by Crippen LogP contribution is -2.06. The molecule has 0 saturated heterocycles. The average molecular weight is 266 g/mol. The maximum Gasteiger partial charge on any atom is 0.262 e. The van der Waals surface area contributed by atoms with E-state index in [1.54, 1.807) is 6.20 Å². The van der Waals surface area contributed by atoms with Crippen LogP contribution in [-0.4, -0.2) is 21.7 Å². The van der Waals surface area contributed by atoms with Crippen LogP contribution in [0, 0.1) is 5.92 Å². The molecule has 0 aliphatic heterocycles. The van der Waals surface area contributed by atoms with Gasteiger partial charge in [-0.25, -0.2) is 4.98 Å². The molecule has 0 spiro atoms.